The van der Waals surface area contributed by atoms with E-state index in [0.29, 0.717) is 11.8 Å². The molecule has 0 amide bonds. The Morgan fingerprint density at radius 3 is 2.54 bits per heavy atom. The molecule has 130 valence electrons. The fourth-order valence-electron chi connectivity index (χ4n) is 2.18. The van der Waals surface area contributed by atoms with E-state index in [9.17, 15) is 0 Å². The summed E-state index contributed by atoms with van der Waals surface area (Å²) < 4.78 is 5.26. The zero-order chi connectivity index (χ0) is 17.4. The van der Waals surface area contributed by atoms with E-state index in [4.69, 9.17) is 4.52 Å². The Bertz CT molecular complexity index is 646. The van der Waals surface area contributed by atoms with Gasteiger partial charge in [-0.05, 0) is 30.0 Å². The van der Waals surface area contributed by atoms with Gasteiger partial charge in [0, 0.05) is 32.1 Å². The molecule has 0 fully saturated rings. The summed E-state index contributed by atoms with van der Waals surface area (Å²) in [5, 5.41) is 10.6. The molecule has 0 saturated heterocycles. The molecule has 0 aliphatic carbocycles. The molecule has 6 heteroatoms. The molecular weight excluding hydrogens is 302 g/mol. The van der Waals surface area contributed by atoms with Crippen molar-refractivity contribution in [2.24, 2.45) is 10.9 Å². The summed E-state index contributed by atoms with van der Waals surface area (Å²) in [6, 6.07) is 8.23. The number of hydrogen-bond acceptors (Lipinski definition) is 4. The van der Waals surface area contributed by atoms with Gasteiger partial charge in [0.05, 0.1) is 0 Å². The topological polar surface area (TPSA) is 75.3 Å². The van der Waals surface area contributed by atoms with Gasteiger partial charge in [-0.25, -0.2) is 0 Å². The second kappa shape index (κ2) is 9.05. The minimum absolute atomic E-state index is 0.579. The van der Waals surface area contributed by atoms with Crippen LogP contribution >= 0.6 is 0 Å². The van der Waals surface area contributed by atoms with Crippen molar-refractivity contribution < 1.29 is 4.52 Å². The van der Waals surface area contributed by atoms with Crippen LogP contribution in [0.1, 0.15) is 32.2 Å². The van der Waals surface area contributed by atoms with Crippen molar-refractivity contribution in [3.05, 3.63) is 35.7 Å². The van der Waals surface area contributed by atoms with Gasteiger partial charge in [0.1, 0.15) is 0 Å². The molecule has 1 aromatic heterocycles. The maximum absolute atomic E-state index is 5.26. The highest BCUT2D eigenvalue weighted by Gasteiger charge is 2.07. The Hall–Kier alpha value is -2.37. The molecule has 0 spiro atoms. The van der Waals surface area contributed by atoms with Gasteiger partial charge in [-0.2, -0.15) is 4.98 Å². The van der Waals surface area contributed by atoms with E-state index in [-0.39, 0.29) is 0 Å². The third-order valence-electron chi connectivity index (χ3n) is 3.59. The van der Waals surface area contributed by atoms with Crippen LogP contribution in [0, 0.1) is 5.92 Å². The van der Waals surface area contributed by atoms with Crippen LogP contribution in [0.3, 0.4) is 0 Å². The number of aliphatic imine (C=N–C) groups is 1. The van der Waals surface area contributed by atoms with Crippen LogP contribution in [-0.2, 0) is 12.8 Å². The number of rotatable bonds is 7. The van der Waals surface area contributed by atoms with Crippen molar-refractivity contribution in [3.63, 3.8) is 0 Å². The summed E-state index contributed by atoms with van der Waals surface area (Å²) in [4.78, 5) is 8.57. The van der Waals surface area contributed by atoms with Crippen LogP contribution in [0.15, 0.2) is 33.8 Å². The van der Waals surface area contributed by atoms with E-state index >= 15 is 0 Å². The summed E-state index contributed by atoms with van der Waals surface area (Å²) in [7, 11) is 1.79. The Labute approximate surface area is 143 Å². The summed E-state index contributed by atoms with van der Waals surface area (Å²) in [5.41, 5.74) is 2.20. The predicted molar refractivity (Wildman–Crippen MR) is 97.0 cm³/mol. The number of benzene rings is 1. The lowest BCUT2D eigenvalue weighted by atomic mass is 10.1. The van der Waals surface area contributed by atoms with Crippen molar-refractivity contribution in [1.82, 2.24) is 20.8 Å². The molecule has 0 bridgehead atoms. The van der Waals surface area contributed by atoms with Gasteiger partial charge in [-0.3, -0.25) is 4.99 Å². The SMILES string of the molecule is CCc1noc(-c2ccc(CCNC(=NC)NCC(C)C)cc2)n1. The lowest BCUT2D eigenvalue weighted by Crippen LogP contribution is -2.39. The first-order valence-electron chi connectivity index (χ1n) is 8.48. The van der Waals surface area contributed by atoms with Crippen LogP contribution in [0.5, 0.6) is 0 Å². The van der Waals surface area contributed by atoms with Crippen molar-refractivity contribution >= 4 is 5.96 Å². The average Bonchev–Trinajstić information content (AvgIpc) is 3.07. The van der Waals surface area contributed by atoms with Crippen LogP contribution in [0.4, 0.5) is 0 Å². The standard InChI is InChI=1S/C18H27N5O/c1-5-16-22-17(24-23-16)15-8-6-14(7-9-15)10-11-20-18(19-4)21-12-13(2)3/h6-9,13H,5,10-12H2,1-4H3,(H2,19,20,21). The Morgan fingerprint density at radius 2 is 1.96 bits per heavy atom. The van der Waals surface area contributed by atoms with E-state index in [1.165, 1.54) is 5.56 Å². The quantitative estimate of drug-likeness (QED) is 0.603. The van der Waals surface area contributed by atoms with E-state index in [2.05, 4.69) is 51.7 Å². The zero-order valence-corrected chi connectivity index (χ0v) is 15.0. The molecule has 24 heavy (non-hydrogen) atoms. The van der Waals surface area contributed by atoms with Crippen molar-refractivity contribution in [2.45, 2.75) is 33.6 Å². The third kappa shape index (κ3) is 5.37. The van der Waals surface area contributed by atoms with Gasteiger partial charge in [0.25, 0.3) is 5.89 Å². The van der Waals surface area contributed by atoms with Crippen LogP contribution < -0.4 is 10.6 Å². The van der Waals surface area contributed by atoms with Gasteiger partial charge in [0.15, 0.2) is 11.8 Å². The van der Waals surface area contributed by atoms with Crippen LogP contribution in [0.25, 0.3) is 11.5 Å². The smallest absolute Gasteiger partial charge is 0.257 e. The highest BCUT2D eigenvalue weighted by molar-refractivity contribution is 5.79. The molecular formula is C18H27N5O. The first-order valence-corrected chi connectivity index (χ1v) is 8.48. The van der Waals surface area contributed by atoms with Crippen LogP contribution in [0.2, 0.25) is 0 Å². The zero-order valence-electron chi connectivity index (χ0n) is 15.0. The predicted octanol–water partition coefficient (Wildman–Crippen LogP) is 2.66. The van der Waals surface area contributed by atoms with E-state index in [0.717, 1.165) is 43.3 Å². The first kappa shape index (κ1) is 18.0. The van der Waals surface area contributed by atoms with E-state index in [1.54, 1.807) is 7.05 Å². The van der Waals surface area contributed by atoms with E-state index in [1.807, 2.05) is 19.1 Å². The third-order valence-corrected chi connectivity index (χ3v) is 3.59. The molecule has 0 aliphatic rings. The van der Waals surface area contributed by atoms with Gasteiger partial charge in [0.2, 0.25) is 0 Å². The molecule has 2 aromatic rings. The lowest BCUT2D eigenvalue weighted by Gasteiger charge is -2.13. The van der Waals surface area contributed by atoms with Crippen molar-refractivity contribution in [2.75, 3.05) is 20.1 Å². The summed E-state index contributed by atoms with van der Waals surface area (Å²) in [5.74, 6) is 2.75. The first-order chi connectivity index (χ1) is 11.6. The largest absolute Gasteiger partial charge is 0.356 e. The van der Waals surface area contributed by atoms with Crippen LogP contribution in [-0.4, -0.2) is 36.2 Å². The van der Waals surface area contributed by atoms with Gasteiger partial charge in [-0.15, -0.1) is 0 Å². The number of aromatic nitrogens is 2. The van der Waals surface area contributed by atoms with E-state index < -0.39 is 0 Å². The number of guanidine groups is 1. The molecule has 0 aliphatic heterocycles. The Balaban J connectivity index is 1.83. The summed E-state index contributed by atoms with van der Waals surface area (Å²) in [6.45, 7) is 8.11. The minimum atomic E-state index is 0.579. The Morgan fingerprint density at radius 1 is 1.21 bits per heavy atom. The fourth-order valence-corrected chi connectivity index (χ4v) is 2.18. The highest BCUT2D eigenvalue weighted by Crippen LogP contribution is 2.18. The molecule has 2 rings (SSSR count). The maximum Gasteiger partial charge on any atom is 0.257 e. The Kier molecular flexibility index (Phi) is 6.78. The van der Waals surface area contributed by atoms with Gasteiger partial charge >= 0.3 is 0 Å². The summed E-state index contributed by atoms with van der Waals surface area (Å²) in [6.07, 6.45) is 1.70. The number of aryl methyl sites for hydroxylation is 1. The monoisotopic (exact) mass is 329 g/mol. The highest BCUT2D eigenvalue weighted by atomic mass is 16.5. The lowest BCUT2D eigenvalue weighted by molar-refractivity contribution is 0.423. The van der Waals surface area contributed by atoms with Gasteiger partial charge < -0.3 is 15.2 Å². The van der Waals surface area contributed by atoms with Crippen molar-refractivity contribution in [3.8, 4) is 11.5 Å². The van der Waals surface area contributed by atoms with Gasteiger partial charge in [-0.1, -0.05) is 38.1 Å². The number of hydrogen-bond donors (Lipinski definition) is 2. The normalized spacial score (nSPS) is 11.8. The molecule has 2 N–H and O–H groups in total. The molecule has 0 saturated carbocycles. The second-order valence-corrected chi connectivity index (χ2v) is 6.09. The number of nitrogens with zero attached hydrogens (tertiary/aromatic N) is 3. The fraction of sp³-hybridized carbons (Fsp3) is 0.500. The molecule has 0 unspecified atom stereocenters. The molecule has 0 radical (unpaired) electrons. The molecule has 0 atom stereocenters. The summed E-state index contributed by atoms with van der Waals surface area (Å²) >= 11 is 0. The number of nitrogens with one attached hydrogen (secondary N) is 2. The molecule has 1 heterocycles. The molecule has 1 aromatic carbocycles. The minimum Gasteiger partial charge on any atom is -0.356 e. The molecule has 6 nitrogen and oxygen atoms in total. The maximum atomic E-state index is 5.26. The second-order valence-electron chi connectivity index (χ2n) is 6.09. The average molecular weight is 329 g/mol. The van der Waals surface area contributed by atoms with Crippen molar-refractivity contribution in [1.29, 1.82) is 0 Å².